The van der Waals surface area contributed by atoms with Crippen LogP contribution in [0, 0.1) is 11.3 Å². The highest BCUT2D eigenvalue weighted by molar-refractivity contribution is 7.16. The molecule has 6 heteroatoms. The number of rotatable bonds is 4. The van der Waals surface area contributed by atoms with E-state index in [2.05, 4.69) is 35.2 Å². The Kier molecular flexibility index (Phi) is 3.69. The third-order valence-electron chi connectivity index (χ3n) is 3.25. The molecule has 0 unspecified atom stereocenters. The van der Waals surface area contributed by atoms with Gasteiger partial charge in [-0.05, 0) is 12.0 Å². The van der Waals surface area contributed by atoms with Crippen molar-refractivity contribution in [1.29, 1.82) is 5.26 Å². The molecule has 2 heterocycles. The molecule has 2 aromatic heterocycles. The van der Waals surface area contributed by atoms with Crippen LogP contribution in [-0.2, 0) is 17.8 Å². The van der Waals surface area contributed by atoms with E-state index in [1.807, 2.05) is 12.1 Å². The van der Waals surface area contributed by atoms with Gasteiger partial charge in [-0.15, -0.1) is 0 Å². The van der Waals surface area contributed by atoms with Crippen molar-refractivity contribution in [3.05, 3.63) is 40.5 Å². The maximum absolute atomic E-state index is 9.43. The molecule has 1 aromatic carbocycles. The average Bonchev–Trinajstić information content (AvgIpc) is 3.04. The van der Waals surface area contributed by atoms with E-state index in [0.29, 0.717) is 23.0 Å². The minimum absolute atomic E-state index is 0.430. The maximum atomic E-state index is 9.43. The van der Waals surface area contributed by atoms with Crippen LogP contribution in [0.15, 0.2) is 24.3 Å². The lowest BCUT2D eigenvalue weighted by Crippen LogP contribution is -1.93. The number of hydrogen-bond acceptors (Lipinski definition) is 5. The topological polar surface area (TPSA) is 63.2 Å². The number of imidazole rings is 1. The molecule has 0 aliphatic carbocycles. The fourth-order valence-corrected chi connectivity index (χ4v) is 3.04. The zero-order valence-corrected chi connectivity index (χ0v) is 12.6. The van der Waals surface area contributed by atoms with Crippen molar-refractivity contribution in [2.24, 2.45) is 0 Å². The van der Waals surface area contributed by atoms with Crippen LogP contribution in [0.4, 0.5) is 0 Å². The van der Waals surface area contributed by atoms with Gasteiger partial charge in [0.25, 0.3) is 0 Å². The molecule has 0 saturated carbocycles. The predicted molar refractivity (Wildman–Crippen MR) is 81.1 cm³/mol. The van der Waals surface area contributed by atoms with Crippen LogP contribution in [0.3, 0.4) is 0 Å². The zero-order valence-electron chi connectivity index (χ0n) is 11.8. The molecule has 0 atom stereocenters. The summed E-state index contributed by atoms with van der Waals surface area (Å²) < 4.78 is 6.66. The van der Waals surface area contributed by atoms with Crippen LogP contribution in [0.25, 0.3) is 16.2 Å². The van der Waals surface area contributed by atoms with E-state index >= 15 is 0 Å². The van der Waals surface area contributed by atoms with Crippen molar-refractivity contribution in [2.45, 2.75) is 20.0 Å². The summed E-state index contributed by atoms with van der Waals surface area (Å²) in [5.74, 6) is 0. The highest BCUT2D eigenvalue weighted by Gasteiger charge is 2.17. The van der Waals surface area contributed by atoms with Crippen molar-refractivity contribution in [3.8, 4) is 17.3 Å². The second-order valence-electron chi connectivity index (χ2n) is 4.59. The molecule has 0 spiro atoms. The highest BCUT2D eigenvalue weighted by atomic mass is 32.1. The van der Waals surface area contributed by atoms with Crippen molar-refractivity contribution in [1.82, 2.24) is 14.6 Å². The number of hydrogen-bond donors (Lipinski definition) is 0. The molecule has 5 nitrogen and oxygen atoms in total. The van der Waals surface area contributed by atoms with Crippen molar-refractivity contribution in [3.63, 3.8) is 0 Å². The molecule has 0 bridgehead atoms. The van der Waals surface area contributed by atoms with E-state index in [1.54, 1.807) is 11.6 Å². The van der Waals surface area contributed by atoms with E-state index in [-0.39, 0.29) is 0 Å². The van der Waals surface area contributed by atoms with Crippen LogP contribution >= 0.6 is 11.3 Å². The van der Waals surface area contributed by atoms with E-state index in [1.165, 1.54) is 16.9 Å². The molecule has 0 radical (unpaired) electrons. The molecule has 0 N–H and O–H groups in total. The Hall–Kier alpha value is -2.23. The number of ether oxygens (including phenoxy) is 1. The van der Waals surface area contributed by atoms with Crippen LogP contribution in [0.5, 0.6) is 0 Å². The van der Waals surface area contributed by atoms with Gasteiger partial charge in [-0.25, -0.2) is 4.98 Å². The molecule has 0 fully saturated rings. The standard InChI is InChI=1S/C15H14N4OS/c1-3-10-4-6-11(7-5-10)14-12(8-16)19-15(17-14)21-13(18-19)9-20-2/h4-7H,3,9H2,1-2H3. The smallest absolute Gasteiger partial charge is 0.214 e. The second kappa shape index (κ2) is 5.64. The fourth-order valence-electron chi connectivity index (χ4n) is 2.17. The third kappa shape index (κ3) is 2.42. The van der Waals surface area contributed by atoms with Gasteiger partial charge in [0.05, 0.1) is 6.61 Å². The van der Waals surface area contributed by atoms with Gasteiger partial charge >= 0.3 is 0 Å². The Balaban J connectivity index is 2.09. The Morgan fingerprint density at radius 1 is 1.33 bits per heavy atom. The number of nitrogens with zero attached hydrogens (tertiary/aromatic N) is 4. The van der Waals surface area contributed by atoms with Gasteiger partial charge in [-0.3, -0.25) is 0 Å². The summed E-state index contributed by atoms with van der Waals surface area (Å²) >= 11 is 1.44. The summed E-state index contributed by atoms with van der Waals surface area (Å²) in [6.45, 7) is 2.54. The lowest BCUT2D eigenvalue weighted by Gasteiger charge is -2.00. The first kappa shape index (κ1) is 13.7. The van der Waals surface area contributed by atoms with Gasteiger partial charge in [0.2, 0.25) is 4.96 Å². The summed E-state index contributed by atoms with van der Waals surface area (Å²) in [4.78, 5) is 5.27. The van der Waals surface area contributed by atoms with Crippen molar-refractivity contribution in [2.75, 3.05) is 7.11 Å². The summed E-state index contributed by atoms with van der Waals surface area (Å²) in [6.07, 6.45) is 0.992. The normalized spacial score (nSPS) is 10.9. The Morgan fingerprint density at radius 3 is 2.71 bits per heavy atom. The first-order valence-corrected chi connectivity index (χ1v) is 7.45. The number of benzene rings is 1. The Bertz CT molecular complexity index is 811. The van der Waals surface area contributed by atoms with Gasteiger partial charge in [0.15, 0.2) is 5.69 Å². The van der Waals surface area contributed by atoms with E-state index in [4.69, 9.17) is 4.74 Å². The lowest BCUT2D eigenvalue weighted by atomic mass is 10.1. The molecule has 106 valence electrons. The maximum Gasteiger partial charge on any atom is 0.214 e. The lowest BCUT2D eigenvalue weighted by molar-refractivity contribution is 0.183. The van der Waals surface area contributed by atoms with Crippen molar-refractivity contribution >= 4 is 16.3 Å². The monoisotopic (exact) mass is 298 g/mol. The molecule has 3 aromatic rings. The number of aryl methyl sites for hydroxylation is 1. The Morgan fingerprint density at radius 2 is 2.10 bits per heavy atom. The van der Waals surface area contributed by atoms with Gasteiger partial charge in [0, 0.05) is 12.7 Å². The van der Waals surface area contributed by atoms with Crippen LogP contribution < -0.4 is 0 Å². The quantitative estimate of drug-likeness (QED) is 0.742. The minimum atomic E-state index is 0.430. The first-order chi connectivity index (χ1) is 10.3. The van der Waals surface area contributed by atoms with Gasteiger partial charge in [-0.2, -0.15) is 14.9 Å². The van der Waals surface area contributed by atoms with E-state index < -0.39 is 0 Å². The SMILES string of the molecule is CCc1ccc(-c2nc3sc(COC)nn3c2C#N)cc1. The van der Waals surface area contributed by atoms with Gasteiger partial charge in [0.1, 0.15) is 16.8 Å². The average molecular weight is 298 g/mol. The number of nitriles is 1. The second-order valence-corrected chi connectivity index (χ2v) is 5.64. The molecule has 0 aliphatic heterocycles. The largest absolute Gasteiger partial charge is 0.377 e. The molecular weight excluding hydrogens is 284 g/mol. The molecule has 0 aliphatic rings. The zero-order chi connectivity index (χ0) is 14.8. The van der Waals surface area contributed by atoms with E-state index in [9.17, 15) is 5.26 Å². The predicted octanol–water partition coefficient (Wildman–Crippen LogP) is 3.04. The van der Waals surface area contributed by atoms with Crippen LogP contribution in [0.2, 0.25) is 0 Å². The molecule has 3 rings (SSSR count). The Labute approximate surface area is 126 Å². The fraction of sp³-hybridized carbons (Fsp3) is 0.267. The minimum Gasteiger partial charge on any atom is -0.377 e. The highest BCUT2D eigenvalue weighted by Crippen LogP contribution is 2.27. The molecule has 21 heavy (non-hydrogen) atoms. The van der Waals surface area contributed by atoms with Gasteiger partial charge in [-0.1, -0.05) is 42.5 Å². The van der Waals surface area contributed by atoms with Crippen LogP contribution in [-0.4, -0.2) is 21.7 Å². The van der Waals surface area contributed by atoms with Crippen LogP contribution in [0.1, 0.15) is 23.2 Å². The summed E-state index contributed by atoms with van der Waals surface area (Å²) in [6, 6.07) is 10.3. The number of methoxy groups -OCH3 is 1. The van der Waals surface area contributed by atoms with Crippen molar-refractivity contribution < 1.29 is 4.74 Å². The van der Waals surface area contributed by atoms with E-state index in [0.717, 1.165) is 17.0 Å². The summed E-state index contributed by atoms with van der Waals surface area (Å²) in [5.41, 5.74) is 3.35. The molecule has 0 saturated heterocycles. The molecule has 0 amide bonds. The third-order valence-corrected chi connectivity index (χ3v) is 4.14. The number of aromatic nitrogens is 3. The summed E-state index contributed by atoms with van der Waals surface area (Å²) in [5, 5.41) is 14.6. The molecular formula is C15H14N4OS. The summed E-state index contributed by atoms with van der Waals surface area (Å²) in [7, 11) is 1.62. The first-order valence-electron chi connectivity index (χ1n) is 6.63. The number of fused-ring (bicyclic) bond motifs is 1. The van der Waals surface area contributed by atoms with Gasteiger partial charge < -0.3 is 4.74 Å².